The van der Waals surface area contributed by atoms with Crippen LogP contribution in [-0.2, 0) is 4.79 Å². The number of hydrogen-bond acceptors (Lipinski definition) is 5. The van der Waals surface area contributed by atoms with Crippen LogP contribution in [0, 0.1) is 17.2 Å². The number of anilines is 1. The molecule has 0 radical (unpaired) electrons. The van der Waals surface area contributed by atoms with E-state index in [1.54, 1.807) is 13.3 Å². The number of hydrogen-bond donors (Lipinski definition) is 1. The van der Waals surface area contributed by atoms with Crippen molar-refractivity contribution in [2.75, 3.05) is 44.7 Å². The molecule has 25 heavy (non-hydrogen) atoms. The molecule has 1 aliphatic rings. The van der Waals surface area contributed by atoms with E-state index in [4.69, 9.17) is 4.74 Å². The van der Waals surface area contributed by atoms with Crippen molar-refractivity contribution in [2.24, 2.45) is 5.92 Å². The maximum atomic E-state index is 12.1. The molecule has 0 spiro atoms. The quantitative estimate of drug-likeness (QED) is 0.632. The highest BCUT2D eigenvalue weighted by Gasteiger charge is 2.19. The number of carbonyl (C=O) groups is 1. The van der Waals surface area contributed by atoms with Crippen LogP contribution < -0.4 is 15.0 Å². The third-order valence-electron chi connectivity index (χ3n) is 4.09. The molecule has 0 aromatic heterocycles. The molecule has 0 unspecified atom stereocenters. The minimum Gasteiger partial charge on any atom is -0.495 e. The largest absolute Gasteiger partial charge is 0.495 e. The Bertz CT molecular complexity index is 656. The summed E-state index contributed by atoms with van der Waals surface area (Å²) in [6, 6.07) is 9.96. The van der Waals surface area contributed by atoms with Gasteiger partial charge in [0.1, 0.15) is 17.4 Å². The van der Waals surface area contributed by atoms with Gasteiger partial charge in [-0.25, -0.2) is 0 Å². The van der Waals surface area contributed by atoms with Crippen LogP contribution in [0.1, 0.15) is 13.8 Å². The van der Waals surface area contributed by atoms with Crippen molar-refractivity contribution in [1.29, 1.82) is 5.26 Å². The number of para-hydroxylation sites is 2. The summed E-state index contributed by atoms with van der Waals surface area (Å²) < 4.78 is 5.42. The van der Waals surface area contributed by atoms with Gasteiger partial charge in [0.05, 0.1) is 12.8 Å². The molecule has 6 heteroatoms. The Balaban J connectivity index is 1.96. The monoisotopic (exact) mass is 342 g/mol. The first-order chi connectivity index (χ1) is 12.0. The first kappa shape index (κ1) is 18.7. The maximum Gasteiger partial charge on any atom is 0.263 e. The van der Waals surface area contributed by atoms with Gasteiger partial charge < -0.3 is 19.9 Å². The van der Waals surface area contributed by atoms with Crippen LogP contribution in [-0.4, -0.2) is 50.6 Å². The summed E-state index contributed by atoms with van der Waals surface area (Å²) in [4.78, 5) is 16.4. The molecule has 6 nitrogen and oxygen atoms in total. The third-order valence-corrected chi connectivity index (χ3v) is 4.09. The van der Waals surface area contributed by atoms with Gasteiger partial charge in [-0.05, 0) is 18.1 Å². The first-order valence-corrected chi connectivity index (χ1v) is 8.57. The number of ether oxygens (including phenoxy) is 1. The van der Waals surface area contributed by atoms with Crippen molar-refractivity contribution >= 4 is 11.6 Å². The van der Waals surface area contributed by atoms with Crippen LogP contribution in [0.2, 0.25) is 0 Å². The average molecular weight is 342 g/mol. The maximum absolute atomic E-state index is 12.1. The summed E-state index contributed by atoms with van der Waals surface area (Å²) >= 11 is 0. The number of nitriles is 1. The van der Waals surface area contributed by atoms with Gasteiger partial charge >= 0.3 is 0 Å². The van der Waals surface area contributed by atoms with Gasteiger partial charge in [-0.1, -0.05) is 26.0 Å². The second-order valence-electron chi connectivity index (χ2n) is 6.45. The fraction of sp³-hybridized carbons (Fsp3) is 0.474. The fourth-order valence-corrected chi connectivity index (χ4v) is 2.70. The van der Waals surface area contributed by atoms with Crippen molar-refractivity contribution < 1.29 is 9.53 Å². The van der Waals surface area contributed by atoms with Crippen molar-refractivity contribution in [3.8, 4) is 11.8 Å². The Morgan fingerprint density at radius 2 is 2.00 bits per heavy atom. The van der Waals surface area contributed by atoms with E-state index in [2.05, 4.69) is 10.2 Å². The Labute approximate surface area is 149 Å². The van der Waals surface area contributed by atoms with E-state index in [0.29, 0.717) is 12.5 Å². The molecule has 1 fully saturated rings. The zero-order valence-electron chi connectivity index (χ0n) is 15.2. The molecule has 0 saturated carbocycles. The van der Waals surface area contributed by atoms with Gasteiger partial charge in [0, 0.05) is 38.9 Å². The van der Waals surface area contributed by atoms with Crippen molar-refractivity contribution in [3.05, 3.63) is 36.0 Å². The van der Waals surface area contributed by atoms with Crippen molar-refractivity contribution in [1.82, 2.24) is 10.2 Å². The summed E-state index contributed by atoms with van der Waals surface area (Å²) in [6.07, 6.45) is 1.68. The highest BCUT2D eigenvalue weighted by atomic mass is 16.5. The zero-order chi connectivity index (χ0) is 18.2. The molecule has 0 aliphatic carbocycles. The van der Waals surface area contributed by atoms with E-state index in [0.717, 1.165) is 37.6 Å². The van der Waals surface area contributed by atoms with E-state index in [1.165, 1.54) is 0 Å². The van der Waals surface area contributed by atoms with E-state index in [1.807, 2.05) is 49.1 Å². The van der Waals surface area contributed by atoms with Crippen LogP contribution in [0.25, 0.3) is 0 Å². The molecule has 0 bridgehead atoms. The normalized spacial score (nSPS) is 15.1. The van der Waals surface area contributed by atoms with Crippen LogP contribution in [0.3, 0.4) is 0 Å². The molecular formula is C19H26N4O2. The molecule has 134 valence electrons. The van der Waals surface area contributed by atoms with Crippen LogP contribution in [0.5, 0.6) is 5.75 Å². The van der Waals surface area contributed by atoms with E-state index in [9.17, 15) is 10.1 Å². The van der Waals surface area contributed by atoms with Crippen LogP contribution >= 0.6 is 0 Å². The Morgan fingerprint density at radius 3 is 2.60 bits per heavy atom. The second kappa shape index (κ2) is 8.97. The Kier molecular flexibility index (Phi) is 6.70. The lowest BCUT2D eigenvalue weighted by Crippen LogP contribution is -2.44. The SMILES string of the molecule is COc1ccccc1N1CCN(/C=C(/C#N)C(=O)NCC(C)C)CC1. The summed E-state index contributed by atoms with van der Waals surface area (Å²) in [7, 11) is 1.67. The van der Waals surface area contributed by atoms with Gasteiger partial charge in [-0.3, -0.25) is 4.79 Å². The second-order valence-corrected chi connectivity index (χ2v) is 6.45. The molecule has 1 saturated heterocycles. The van der Waals surface area contributed by atoms with Gasteiger partial charge in [0.25, 0.3) is 5.91 Å². The number of methoxy groups -OCH3 is 1. The Morgan fingerprint density at radius 1 is 1.32 bits per heavy atom. The first-order valence-electron chi connectivity index (χ1n) is 8.57. The average Bonchev–Trinajstić information content (AvgIpc) is 2.64. The molecule has 1 heterocycles. The number of nitrogens with zero attached hydrogens (tertiary/aromatic N) is 3. The lowest BCUT2D eigenvalue weighted by Gasteiger charge is -2.36. The molecule has 1 aromatic rings. The minimum atomic E-state index is -0.302. The van der Waals surface area contributed by atoms with Gasteiger partial charge in [0.2, 0.25) is 0 Å². The number of nitrogens with one attached hydrogen (secondary N) is 1. The topological polar surface area (TPSA) is 68.6 Å². The number of carbonyl (C=O) groups excluding carboxylic acids is 1. The number of amides is 1. The Hall–Kier alpha value is -2.68. The standard InChI is InChI=1S/C19H26N4O2/c1-15(2)13-21-19(24)16(12-20)14-22-8-10-23(11-9-22)17-6-4-5-7-18(17)25-3/h4-7,14-15H,8-11,13H2,1-3H3,(H,21,24)/b16-14-. The van der Waals surface area contributed by atoms with E-state index in [-0.39, 0.29) is 11.5 Å². The number of rotatable bonds is 6. The van der Waals surface area contributed by atoms with Gasteiger partial charge in [0.15, 0.2) is 0 Å². The van der Waals surface area contributed by atoms with E-state index < -0.39 is 0 Å². The molecule has 2 rings (SSSR count). The molecular weight excluding hydrogens is 316 g/mol. The highest BCUT2D eigenvalue weighted by Crippen LogP contribution is 2.28. The molecule has 1 aromatic carbocycles. The van der Waals surface area contributed by atoms with Crippen LogP contribution in [0.4, 0.5) is 5.69 Å². The highest BCUT2D eigenvalue weighted by molar-refractivity contribution is 5.97. The van der Waals surface area contributed by atoms with Crippen LogP contribution in [0.15, 0.2) is 36.0 Å². The molecule has 0 atom stereocenters. The minimum absolute atomic E-state index is 0.159. The number of piperazine rings is 1. The fourth-order valence-electron chi connectivity index (χ4n) is 2.70. The summed E-state index contributed by atoms with van der Waals surface area (Å²) in [5, 5.41) is 12.0. The summed E-state index contributed by atoms with van der Waals surface area (Å²) in [6.45, 7) is 7.73. The number of benzene rings is 1. The lowest BCUT2D eigenvalue weighted by atomic mass is 10.2. The zero-order valence-corrected chi connectivity index (χ0v) is 15.2. The lowest BCUT2D eigenvalue weighted by molar-refractivity contribution is -0.117. The predicted octanol–water partition coefficient (Wildman–Crippen LogP) is 2.00. The third kappa shape index (κ3) is 5.15. The van der Waals surface area contributed by atoms with E-state index >= 15 is 0 Å². The van der Waals surface area contributed by atoms with Gasteiger partial charge in [-0.15, -0.1) is 0 Å². The van der Waals surface area contributed by atoms with Gasteiger partial charge in [-0.2, -0.15) is 5.26 Å². The summed E-state index contributed by atoms with van der Waals surface area (Å²) in [5.41, 5.74) is 1.23. The van der Waals surface area contributed by atoms with Crippen molar-refractivity contribution in [3.63, 3.8) is 0 Å². The van der Waals surface area contributed by atoms with Crippen molar-refractivity contribution in [2.45, 2.75) is 13.8 Å². The molecule has 1 N–H and O–H groups in total. The molecule has 1 amide bonds. The predicted molar refractivity (Wildman–Crippen MR) is 98.3 cm³/mol. The smallest absolute Gasteiger partial charge is 0.263 e. The summed E-state index contributed by atoms with van der Waals surface area (Å²) in [5.74, 6) is 0.911. The molecule has 1 aliphatic heterocycles.